The molecule has 180 valence electrons. The number of benzene rings is 3. The number of ether oxygens (including phenoxy) is 2. The third kappa shape index (κ3) is 5.34. The van der Waals surface area contributed by atoms with Gasteiger partial charge in [0.2, 0.25) is 0 Å². The number of fused-ring (bicyclic) bond motifs is 1. The maximum Gasteiger partial charge on any atom is 0.307 e. The molecule has 4 aromatic rings. The van der Waals surface area contributed by atoms with Crippen LogP contribution in [0.1, 0.15) is 27.2 Å². The number of rotatable bonds is 8. The Bertz CT molecular complexity index is 1540. The Morgan fingerprint density at radius 3 is 2.81 bits per heavy atom. The van der Waals surface area contributed by atoms with Crippen molar-refractivity contribution in [1.82, 2.24) is 5.43 Å². The van der Waals surface area contributed by atoms with Crippen molar-refractivity contribution < 1.29 is 23.6 Å². The van der Waals surface area contributed by atoms with Gasteiger partial charge in [0, 0.05) is 23.1 Å². The molecule has 0 aliphatic rings. The van der Waals surface area contributed by atoms with E-state index in [2.05, 4.69) is 32.5 Å². The number of amides is 1. The predicted molar refractivity (Wildman–Crippen MR) is 134 cm³/mol. The average Bonchev–Trinajstić information content (AvgIpc) is 3.31. The van der Waals surface area contributed by atoms with Gasteiger partial charge in [-0.3, -0.25) is 14.9 Å². The van der Waals surface area contributed by atoms with E-state index >= 15 is 0 Å². The molecule has 0 saturated carbocycles. The summed E-state index contributed by atoms with van der Waals surface area (Å²) in [5, 5.41) is 24.6. The van der Waals surface area contributed by atoms with E-state index in [1.54, 1.807) is 24.3 Å². The highest BCUT2D eigenvalue weighted by atomic mass is 79.9. The number of nitriles is 1. The lowest BCUT2D eigenvalue weighted by Crippen LogP contribution is -2.16. The van der Waals surface area contributed by atoms with Crippen molar-refractivity contribution in [3.05, 3.63) is 97.7 Å². The van der Waals surface area contributed by atoms with Gasteiger partial charge in [-0.1, -0.05) is 18.2 Å². The zero-order valence-electron chi connectivity index (χ0n) is 18.7. The number of non-ortho nitro benzene ring substituents is 1. The second-order valence-corrected chi connectivity index (χ2v) is 8.24. The normalized spacial score (nSPS) is 10.8. The fourth-order valence-electron chi connectivity index (χ4n) is 3.34. The molecule has 1 amide bonds. The van der Waals surface area contributed by atoms with E-state index in [1.165, 1.54) is 37.6 Å². The van der Waals surface area contributed by atoms with E-state index in [1.807, 2.05) is 12.1 Å². The summed E-state index contributed by atoms with van der Waals surface area (Å²) in [6.07, 6.45) is 1.41. The first-order chi connectivity index (χ1) is 17.4. The van der Waals surface area contributed by atoms with Crippen molar-refractivity contribution in [3.8, 4) is 17.6 Å². The molecule has 10 nitrogen and oxygen atoms in total. The van der Waals surface area contributed by atoms with E-state index in [0.717, 1.165) is 5.56 Å². The van der Waals surface area contributed by atoms with Gasteiger partial charge >= 0.3 is 5.91 Å². The Hall–Kier alpha value is -4.69. The molecular weight excluding hydrogens is 532 g/mol. The lowest BCUT2D eigenvalue weighted by molar-refractivity contribution is -0.384. The predicted octanol–water partition coefficient (Wildman–Crippen LogP) is 5.33. The molecule has 0 spiro atoms. The molecule has 11 heteroatoms. The van der Waals surface area contributed by atoms with Crippen LogP contribution in [0.2, 0.25) is 0 Å². The second kappa shape index (κ2) is 10.7. The Morgan fingerprint density at radius 1 is 1.25 bits per heavy atom. The zero-order valence-corrected chi connectivity index (χ0v) is 20.3. The number of nitrogens with one attached hydrogen (secondary N) is 1. The van der Waals surface area contributed by atoms with E-state index in [0.29, 0.717) is 38.1 Å². The summed E-state index contributed by atoms with van der Waals surface area (Å²) in [4.78, 5) is 22.8. The topological polar surface area (TPSA) is 140 Å². The molecule has 1 aromatic heterocycles. The monoisotopic (exact) mass is 548 g/mol. The molecular formula is C25H17BrN4O6. The SMILES string of the molecule is COc1cc(/C=N\NC(=O)c2cc3cc([N+](=O)[O-])ccc3o2)cc(Br)c1OCc1ccccc1C#N. The van der Waals surface area contributed by atoms with Crippen LogP contribution in [0, 0.1) is 21.4 Å². The highest BCUT2D eigenvalue weighted by Crippen LogP contribution is 2.37. The van der Waals surface area contributed by atoms with Crippen molar-refractivity contribution in [2.24, 2.45) is 5.10 Å². The molecule has 0 saturated heterocycles. The van der Waals surface area contributed by atoms with Crippen LogP contribution in [0.3, 0.4) is 0 Å². The summed E-state index contributed by atoms with van der Waals surface area (Å²) in [7, 11) is 1.49. The highest BCUT2D eigenvalue weighted by molar-refractivity contribution is 9.10. The average molecular weight is 549 g/mol. The number of carbonyl (C=O) groups is 1. The molecule has 36 heavy (non-hydrogen) atoms. The van der Waals surface area contributed by atoms with Crippen LogP contribution in [0.25, 0.3) is 11.0 Å². The van der Waals surface area contributed by atoms with E-state index in [-0.39, 0.29) is 18.1 Å². The smallest absolute Gasteiger partial charge is 0.307 e. The fourth-order valence-corrected chi connectivity index (χ4v) is 3.91. The van der Waals surface area contributed by atoms with Crippen molar-refractivity contribution in [3.63, 3.8) is 0 Å². The molecule has 1 heterocycles. The number of nitro groups is 1. The number of nitrogens with zero attached hydrogens (tertiary/aromatic N) is 3. The van der Waals surface area contributed by atoms with Crippen LogP contribution in [-0.4, -0.2) is 24.2 Å². The second-order valence-electron chi connectivity index (χ2n) is 7.38. The molecule has 0 bridgehead atoms. The highest BCUT2D eigenvalue weighted by Gasteiger charge is 2.15. The summed E-state index contributed by atoms with van der Waals surface area (Å²) < 4.78 is 17.4. The fraction of sp³-hybridized carbons (Fsp3) is 0.0800. The lowest BCUT2D eigenvalue weighted by Gasteiger charge is -2.14. The molecule has 0 aliphatic carbocycles. The van der Waals surface area contributed by atoms with Gasteiger partial charge in [0.1, 0.15) is 12.2 Å². The lowest BCUT2D eigenvalue weighted by atomic mass is 10.1. The Balaban J connectivity index is 1.46. The number of hydrogen-bond donors (Lipinski definition) is 1. The van der Waals surface area contributed by atoms with Crippen LogP contribution in [0.4, 0.5) is 5.69 Å². The van der Waals surface area contributed by atoms with Crippen LogP contribution in [0.15, 0.2) is 74.7 Å². The van der Waals surface area contributed by atoms with Gasteiger partial charge in [0.15, 0.2) is 17.3 Å². The van der Waals surface area contributed by atoms with Crippen LogP contribution in [-0.2, 0) is 6.61 Å². The minimum Gasteiger partial charge on any atom is -0.493 e. The first-order valence-corrected chi connectivity index (χ1v) is 11.2. The Morgan fingerprint density at radius 2 is 2.06 bits per heavy atom. The van der Waals surface area contributed by atoms with E-state index in [4.69, 9.17) is 13.9 Å². The molecule has 1 N–H and O–H groups in total. The molecule has 0 radical (unpaired) electrons. The number of halogens is 1. The first-order valence-electron chi connectivity index (χ1n) is 10.4. The number of nitro benzene ring substituents is 1. The van der Waals surface area contributed by atoms with Crippen molar-refractivity contribution in [1.29, 1.82) is 5.26 Å². The van der Waals surface area contributed by atoms with Gasteiger partial charge < -0.3 is 13.9 Å². The van der Waals surface area contributed by atoms with Gasteiger partial charge in [-0.05, 0) is 51.8 Å². The van der Waals surface area contributed by atoms with Gasteiger partial charge in [-0.25, -0.2) is 5.43 Å². The van der Waals surface area contributed by atoms with Gasteiger partial charge in [-0.15, -0.1) is 0 Å². The number of hydrogen-bond acceptors (Lipinski definition) is 8. The zero-order chi connectivity index (χ0) is 25.7. The molecule has 0 fully saturated rings. The summed E-state index contributed by atoms with van der Waals surface area (Å²) in [6, 6.07) is 18.1. The standard InChI is InChI=1S/C25H17BrN4O6/c1-34-22-9-15(8-20(26)24(22)35-14-17-5-3-2-4-16(17)12-27)13-28-29-25(31)23-11-18-10-19(30(32)33)6-7-21(18)36-23/h2-11,13H,14H2,1H3,(H,29,31)/b28-13-. The van der Waals surface area contributed by atoms with Crippen LogP contribution < -0.4 is 14.9 Å². The minimum absolute atomic E-state index is 0.0391. The minimum atomic E-state index is -0.618. The molecule has 0 atom stereocenters. The van der Waals surface area contributed by atoms with Gasteiger partial charge in [-0.2, -0.15) is 10.4 Å². The van der Waals surface area contributed by atoms with Gasteiger partial charge in [0.25, 0.3) is 5.69 Å². The Labute approximate surface area is 213 Å². The van der Waals surface area contributed by atoms with Crippen molar-refractivity contribution >= 4 is 44.7 Å². The molecule has 4 rings (SSSR count). The van der Waals surface area contributed by atoms with E-state index < -0.39 is 10.8 Å². The third-order valence-electron chi connectivity index (χ3n) is 5.08. The van der Waals surface area contributed by atoms with Crippen molar-refractivity contribution in [2.75, 3.05) is 7.11 Å². The number of furan rings is 1. The summed E-state index contributed by atoms with van der Waals surface area (Å²) >= 11 is 3.46. The quantitative estimate of drug-likeness (QED) is 0.178. The Kier molecular flexibility index (Phi) is 7.27. The molecule has 3 aromatic carbocycles. The maximum atomic E-state index is 12.4. The maximum absolute atomic E-state index is 12.4. The first kappa shape index (κ1) is 24.4. The summed E-state index contributed by atoms with van der Waals surface area (Å²) in [5.74, 6) is 0.211. The van der Waals surface area contributed by atoms with Crippen molar-refractivity contribution in [2.45, 2.75) is 6.61 Å². The summed E-state index contributed by atoms with van der Waals surface area (Å²) in [5.41, 5.74) is 4.47. The number of hydrazone groups is 1. The third-order valence-corrected chi connectivity index (χ3v) is 5.66. The van der Waals surface area contributed by atoms with Gasteiger partial charge in [0.05, 0.1) is 34.4 Å². The number of methoxy groups -OCH3 is 1. The van der Waals surface area contributed by atoms with Crippen LogP contribution >= 0.6 is 15.9 Å². The molecule has 0 unspecified atom stereocenters. The number of carbonyl (C=O) groups excluding carboxylic acids is 1. The van der Waals surface area contributed by atoms with Crippen LogP contribution in [0.5, 0.6) is 11.5 Å². The van der Waals surface area contributed by atoms with E-state index in [9.17, 15) is 20.2 Å². The summed E-state index contributed by atoms with van der Waals surface area (Å²) in [6.45, 7) is 0.169. The molecule has 0 aliphatic heterocycles. The largest absolute Gasteiger partial charge is 0.493 e.